The molecule has 0 radical (unpaired) electrons. The van der Waals surface area contributed by atoms with Crippen LogP contribution in [0.25, 0.3) is 0 Å². The molecule has 0 aliphatic carbocycles. The molecule has 0 saturated heterocycles. The third-order valence-electron chi connectivity index (χ3n) is 3.45. The van der Waals surface area contributed by atoms with Crippen LogP contribution in [0.5, 0.6) is 0 Å². The van der Waals surface area contributed by atoms with E-state index in [-0.39, 0.29) is 22.9 Å². The van der Waals surface area contributed by atoms with Crippen molar-refractivity contribution in [2.45, 2.75) is 24.4 Å². The fraction of sp³-hybridized carbons (Fsp3) is 0.250. The number of amides is 2. The van der Waals surface area contributed by atoms with Gasteiger partial charge in [-0.2, -0.15) is 0 Å². The van der Waals surface area contributed by atoms with Crippen LogP contribution < -0.4 is 15.4 Å². The second-order valence-electron chi connectivity index (χ2n) is 5.22. The largest absolute Gasteiger partial charge is 0.467 e. The zero-order valence-corrected chi connectivity index (χ0v) is 14.6. The lowest BCUT2D eigenvalue weighted by molar-refractivity contribution is -0.122. The number of rotatable bonds is 7. The first-order chi connectivity index (χ1) is 11.8. The lowest BCUT2D eigenvalue weighted by Crippen LogP contribution is -2.44. The lowest BCUT2D eigenvalue weighted by atomic mass is 10.2. The lowest BCUT2D eigenvalue weighted by Gasteiger charge is -2.14. The molecule has 2 aromatic rings. The summed E-state index contributed by atoms with van der Waals surface area (Å²) < 4.78 is 30.6. The van der Waals surface area contributed by atoms with Crippen molar-refractivity contribution in [2.75, 3.05) is 7.05 Å². The number of furan rings is 1. The van der Waals surface area contributed by atoms with Crippen molar-refractivity contribution in [3.05, 3.63) is 54.0 Å². The minimum absolute atomic E-state index is 0.0517. The Morgan fingerprint density at radius 3 is 2.40 bits per heavy atom. The third kappa shape index (κ3) is 4.91. The summed E-state index contributed by atoms with van der Waals surface area (Å²) in [6.07, 6.45) is 1.50. The molecule has 2 amide bonds. The molecule has 0 aliphatic heterocycles. The molecule has 1 heterocycles. The van der Waals surface area contributed by atoms with E-state index in [1.807, 2.05) is 0 Å². The van der Waals surface area contributed by atoms with Crippen LogP contribution in [-0.2, 0) is 21.4 Å². The van der Waals surface area contributed by atoms with Gasteiger partial charge in [0.15, 0.2) is 0 Å². The zero-order chi connectivity index (χ0) is 18.4. The minimum Gasteiger partial charge on any atom is -0.467 e. The molecule has 1 atom stereocenters. The highest BCUT2D eigenvalue weighted by Gasteiger charge is 2.18. The van der Waals surface area contributed by atoms with Gasteiger partial charge in [0.1, 0.15) is 11.8 Å². The van der Waals surface area contributed by atoms with Crippen LogP contribution in [0, 0.1) is 0 Å². The fourth-order valence-corrected chi connectivity index (χ4v) is 2.72. The van der Waals surface area contributed by atoms with Crippen molar-refractivity contribution >= 4 is 21.8 Å². The summed E-state index contributed by atoms with van der Waals surface area (Å²) in [7, 11) is -2.26. The summed E-state index contributed by atoms with van der Waals surface area (Å²) in [6, 6.07) is 8.09. The van der Waals surface area contributed by atoms with Gasteiger partial charge in [-0.1, -0.05) is 0 Å². The molecule has 0 saturated carbocycles. The predicted octanol–water partition coefficient (Wildman–Crippen LogP) is 0.622. The maximum Gasteiger partial charge on any atom is 0.251 e. The maximum atomic E-state index is 12.1. The number of carbonyl (C=O) groups is 2. The molecule has 3 N–H and O–H groups in total. The molecule has 1 aromatic heterocycles. The SMILES string of the molecule is CNS(=O)(=O)c1ccc(C(=O)NC(C)C(=O)NCc2ccco2)cc1. The smallest absolute Gasteiger partial charge is 0.251 e. The van der Waals surface area contributed by atoms with E-state index in [4.69, 9.17) is 4.42 Å². The molecule has 0 aliphatic rings. The minimum atomic E-state index is -3.56. The predicted molar refractivity (Wildman–Crippen MR) is 90.2 cm³/mol. The number of benzene rings is 1. The summed E-state index contributed by atoms with van der Waals surface area (Å²) in [6.45, 7) is 1.78. The first-order valence-corrected chi connectivity index (χ1v) is 8.96. The Kier molecular flexibility index (Phi) is 5.94. The van der Waals surface area contributed by atoms with Gasteiger partial charge in [0.25, 0.3) is 5.91 Å². The van der Waals surface area contributed by atoms with Gasteiger partial charge in [-0.25, -0.2) is 13.1 Å². The highest BCUT2D eigenvalue weighted by molar-refractivity contribution is 7.89. The molecule has 9 heteroatoms. The molecule has 1 aromatic carbocycles. The topological polar surface area (TPSA) is 118 Å². The van der Waals surface area contributed by atoms with E-state index in [1.165, 1.54) is 37.6 Å². The van der Waals surface area contributed by atoms with E-state index in [9.17, 15) is 18.0 Å². The third-order valence-corrected chi connectivity index (χ3v) is 4.88. The van der Waals surface area contributed by atoms with Gasteiger partial charge in [0.2, 0.25) is 15.9 Å². The van der Waals surface area contributed by atoms with Crippen molar-refractivity contribution in [3.8, 4) is 0 Å². The second-order valence-corrected chi connectivity index (χ2v) is 7.11. The highest BCUT2D eigenvalue weighted by atomic mass is 32.2. The van der Waals surface area contributed by atoms with E-state index in [0.29, 0.717) is 5.76 Å². The van der Waals surface area contributed by atoms with E-state index in [1.54, 1.807) is 19.1 Å². The van der Waals surface area contributed by atoms with E-state index in [0.717, 1.165) is 0 Å². The van der Waals surface area contributed by atoms with Crippen LogP contribution in [0.3, 0.4) is 0 Å². The Morgan fingerprint density at radius 1 is 1.16 bits per heavy atom. The van der Waals surface area contributed by atoms with Crippen molar-refractivity contribution in [3.63, 3.8) is 0 Å². The monoisotopic (exact) mass is 365 g/mol. The van der Waals surface area contributed by atoms with Crippen LogP contribution in [0.15, 0.2) is 52.0 Å². The van der Waals surface area contributed by atoms with Crippen molar-refractivity contribution in [1.82, 2.24) is 15.4 Å². The number of sulfonamides is 1. The van der Waals surface area contributed by atoms with E-state index in [2.05, 4.69) is 15.4 Å². The molecule has 8 nitrogen and oxygen atoms in total. The standard InChI is InChI=1S/C16H19N3O5S/c1-11(15(20)18-10-13-4-3-9-24-13)19-16(21)12-5-7-14(8-6-12)25(22,23)17-2/h3-9,11,17H,10H2,1-2H3,(H,18,20)(H,19,21). The molecule has 0 fully saturated rings. The van der Waals surface area contributed by atoms with Crippen LogP contribution in [0.1, 0.15) is 23.0 Å². The summed E-state index contributed by atoms with van der Waals surface area (Å²) >= 11 is 0. The zero-order valence-electron chi connectivity index (χ0n) is 13.8. The normalized spacial score (nSPS) is 12.4. The van der Waals surface area contributed by atoms with E-state index >= 15 is 0 Å². The number of hydrogen-bond acceptors (Lipinski definition) is 5. The Balaban J connectivity index is 1.93. The van der Waals surface area contributed by atoms with Crippen LogP contribution in [0.4, 0.5) is 0 Å². The van der Waals surface area contributed by atoms with Gasteiger partial charge in [-0.3, -0.25) is 9.59 Å². The van der Waals surface area contributed by atoms with Gasteiger partial charge in [0, 0.05) is 5.56 Å². The Labute approximate surface area is 145 Å². The van der Waals surface area contributed by atoms with Gasteiger partial charge in [0.05, 0.1) is 17.7 Å². The van der Waals surface area contributed by atoms with Crippen molar-refractivity contribution < 1.29 is 22.4 Å². The van der Waals surface area contributed by atoms with Crippen LogP contribution in [0.2, 0.25) is 0 Å². The molecule has 134 valence electrons. The fourth-order valence-electron chi connectivity index (χ4n) is 1.99. The molecular formula is C16H19N3O5S. The number of carbonyl (C=O) groups excluding carboxylic acids is 2. The average Bonchev–Trinajstić information content (AvgIpc) is 3.13. The first-order valence-electron chi connectivity index (χ1n) is 7.48. The van der Waals surface area contributed by atoms with Crippen molar-refractivity contribution in [2.24, 2.45) is 0 Å². The number of hydrogen-bond donors (Lipinski definition) is 3. The summed E-state index contributed by atoms with van der Waals surface area (Å²) in [5.74, 6) is -0.235. The Hall–Kier alpha value is -2.65. The van der Waals surface area contributed by atoms with Gasteiger partial charge < -0.3 is 15.1 Å². The van der Waals surface area contributed by atoms with Gasteiger partial charge >= 0.3 is 0 Å². The van der Waals surface area contributed by atoms with Crippen LogP contribution in [-0.4, -0.2) is 33.3 Å². The van der Waals surface area contributed by atoms with Gasteiger partial charge in [-0.05, 0) is 50.4 Å². The summed E-state index contributed by atoms with van der Waals surface area (Å²) in [5, 5.41) is 5.19. The number of nitrogens with one attached hydrogen (secondary N) is 3. The first kappa shape index (κ1) is 18.7. The van der Waals surface area contributed by atoms with Crippen molar-refractivity contribution in [1.29, 1.82) is 0 Å². The molecular weight excluding hydrogens is 346 g/mol. The molecule has 0 spiro atoms. The van der Waals surface area contributed by atoms with Crippen LogP contribution >= 0.6 is 0 Å². The quantitative estimate of drug-likeness (QED) is 0.665. The maximum absolute atomic E-state index is 12.1. The Bertz CT molecular complexity index is 829. The Morgan fingerprint density at radius 2 is 1.84 bits per heavy atom. The molecule has 1 unspecified atom stereocenters. The van der Waals surface area contributed by atoms with Gasteiger partial charge in [-0.15, -0.1) is 0 Å². The summed E-state index contributed by atoms with van der Waals surface area (Å²) in [5.41, 5.74) is 0.251. The molecule has 25 heavy (non-hydrogen) atoms. The molecule has 2 rings (SSSR count). The average molecular weight is 365 g/mol. The highest BCUT2D eigenvalue weighted by Crippen LogP contribution is 2.10. The summed E-state index contributed by atoms with van der Waals surface area (Å²) in [4.78, 5) is 24.2. The molecule has 0 bridgehead atoms. The second kappa shape index (κ2) is 7.95. The van der Waals surface area contributed by atoms with E-state index < -0.39 is 22.0 Å².